The van der Waals surface area contributed by atoms with Gasteiger partial charge in [0.1, 0.15) is 12.7 Å². The van der Waals surface area contributed by atoms with Gasteiger partial charge in [-0.05, 0) is 43.7 Å². The first-order valence-corrected chi connectivity index (χ1v) is 9.48. The molecular formula is C20H24O7. The van der Waals surface area contributed by atoms with Gasteiger partial charge in [-0.25, -0.2) is 9.59 Å². The molecule has 4 aliphatic rings. The highest BCUT2D eigenvalue weighted by Crippen LogP contribution is 2.42. The second-order valence-corrected chi connectivity index (χ2v) is 7.49. The Bertz CT molecular complexity index is 693. The minimum Gasteiger partial charge on any atom is -0.478 e. The van der Waals surface area contributed by atoms with Crippen molar-refractivity contribution in [2.75, 3.05) is 19.8 Å². The summed E-state index contributed by atoms with van der Waals surface area (Å²) in [6.45, 7) is 1.78. The number of benzene rings is 1. The highest BCUT2D eigenvalue weighted by molar-refractivity contribution is 6.02. The third kappa shape index (κ3) is 5.28. The van der Waals surface area contributed by atoms with Crippen molar-refractivity contribution < 1.29 is 33.6 Å². The van der Waals surface area contributed by atoms with Crippen LogP contribution in [0.5, 0.6) is 0 Å². The summed E-state index contributed by atoms with van der Waals surface area (Å²) >= 11 is 0. The molecule has 5 atom stereocenters. The lowest BCUT2D eigenvalue weighted by molar-refractivity contribution is 0.0467. The second kappa shape index (κ2) is 7.96. The Morgan fingerprint density at radius 2 is 1.74 bits per heavy atom. The average molecular weight is 376 g/mol. The lowest BCUT2D eigenvalue weighted by atomic mass is 9.86. The highest BCUT2D eigenvalue weighted by Gasteiger charge is 2.44. The van der Waals surface area contributed by atoms with Crippen LogP contribution in [0.1, 0.15) is 46.4 Å². The van der Waals surface area contributed by atoms with Gasteiger partial charge in [-0.3, -0.25) is 0 Å². The number of fused-ring (bicyclic) bond motifs is 1. The first-order chi connectivity index (χ1) is 13.1. The van der Waals surface area contributed by atoms with Crippen LogP contribution in [-0.4, -0.2) is 61.3 Å². The monoisotopic (exact) mass is 376 g/mol. The van der Waals surface area contributed by atoms with Crippen molar-refractivity contribution in [2.24, 2.45) is 5.92 Å². The molecule has 1 aromatic rings. The fourth-order valence-electron chi connectivity index (χ4n) is 3.54. The molecule has 5 rings (SSSR count). The van der Waals surface area contributed by atoms with Crippen LogP contribution in [0.2, 0.25) is 0 Å². The molecule has 27 heavy (non-hydrogen) atoms. The van der Waals surface area contributed by atoms with Crippen LogP contribution in [-0.2, 0) is 18.9 Å². The molecule has 0 radical (unpaired) electrons. The molecule has 7 nitrogen and oxygen atoms in total. The summed E-state index contributed by atoms with van der Waals surface area (Å²) < 4.78 is 20.5. The van der Waals surface area contributed by atoms with Crippen molar-refractivity contribution in [3.8, 4) is 0 Å². The van der Waals surface area contributed by atoms with E-state index in [4.69, 9.17) is 24.1 Å². The molecule has 0 amide bonds. The Labute approximate surface area is 157 Å². The maximum absolute atomic E-state index is 11.6. The highest BCUT2D eigenvalue weighted by atomic mass is 16.6. The molecule has 0 aromatic heterocycles. The largest absolute Gasteiger partial charge is 0.478 e. The fraction of sp³-hybridized carbons (Fsp3) is 0.600. The first-order valence-electron chi connectivity index (χ1n) is 9.48. The van der Waals surface area contributed by atoms with E-state index in [1.165, 1.54) is 37.8 Å². The van der Waals surface area contributed by atoms with Crippen LogP contribution in [0.25, 0.3) is 0 Å². The molecule has 5 unspecified atom stereocenters. The van der Waals surface area contributed by atoms with E-state index in [2.05, 4.69) is 0 Å². The summed E-state index contributed by atoms with van der Waals surface area (Å²) in [5, 5.41) is 8.87. The average Bonchev–Trinajstić information content (AvgIpc) is 3.53. The van der Waals surface area contributed by atoms with Crippen molar-refractivity contribution >= 4 is 11.9 Å². The van der Waals surface area contributed by atoms with Gasteiger partial charge in [0.25, 0.3) is 0 Å². The minimum absolute atomic E-state index is 0.0269. The summed E-state index contributed by atoms with van der Waals surface area (Å²) in [5.74, 6) is -0.866. The van der Waals surface area contributed by atoms with Crippen LogP contribution in [0, 0.1) is 5.92 Å². The second-order valence-electron chi connectivity index (χ2n) is 7.49. The summed E-state index contributed by atoms with van der Waals surface area (Å²) in [7, 11) is 0. The maximum atomic E-state index is 11.6. The molecule has 146 valence electrons. The zero-order chi connectivity index (χ0) is 18.8. The number of aromatic carboxylic acids is 1. The quantitative estimate of drug-likeness (QED) is 0.600. The van der Waals surface area contributed by atoms with E-state index >= 15 is 0 Å². The van der Waals surface area contributed by atoms with Gasteiger partial charge in [0.2, 0.25) is 0 Å². The number of hydrogen-bond acceptors (Lipinski definition) is 6. The van der Waals surface area contributed by atoms with Crippen molar-refractivity contribution in [3.63, 3.8) is 0 Å². The normalized spacial score (nSPS) is 32.4. The van der Waals surface area contributed by atoms with Crippen molar-refractivity contribution in [1.29, 1.82) is 0 Å². The van der Waals surface area contributed by atoms with E-state index < -0.39 is 11.9 Å². The molecule has 0 bridgehead atoms. The van der Waals surface area contributed by atoms with E-state index in [1.54, 1.807) is 12.1 Å². The summed E-state index contributed by atoms with van der Waals surface area (Å²) in [5.41, 5.74) is 0.0138. The van der Waals surface area contributed by atoms with Crippen molar-refractivity contribution in [2.45, 2.75) is 50.1 Å². The van der Waals surface area contributed by atoms with E-state index in [0.717, 1.165) is 12.5 Å². The number of ether oxygens (including phenoxy) is 4. The number of carbonyl (C=O) groups excluding carboxylic acids is 1. The van der Waals surface area contributed by atoms with Gasteiger partial charge < -0.3 is 24.1 Å². The molecule has 1 aliphatic carbocycles. The summed E-state index contributed by atoms with van der Waals surface area (Å²) in [6, 6.07) is 5.95. The van der Waals surface area contributed by atoms with Gasteiger partial charge >= 0.3 is 11.9 Å². The third-order valence-corrected chi connectivity index (χ3v) is 5.29. The molecule has 1 aromatic carbocycles. The van der Waals surface area contributed by atoms with E-state index in [-0.39, 0.29) is 23.8 Å². The molecule has 0 spiro atoms. The number of esters is 1. The van der Waals surface area contributed by atoms with Gasteiger partial charge in [0.05, 0.1) is 42.7 Å². The van der Waals surface area contributed by atoms with Crippen LogP contribution < -0.4 is 0 Å². The Morgan fingerprint density at radius 3 is 2.37 bits per heavy atom. The van der Waals surface area contributed by atoms with Gasteiger partial charge in [0, 0.05) is 0 Å². The molecule has 1 saturated carbocycles. The smallest absolute Gasteiger partial charge is 0.339 e. The topological polar surface area (TPSA) is 101 Å². The molecular weight excluding hydrogens is 352 g/mol. The Morgan fingerprint density at radius 1 is 1.04 bits per heavy atom. The van der Waals surface area contributed by atoms with Crippen LogP contribution in [0.3, 0.4) is 0 Å². The van der Waals surface area contributed by atoms with Crippen molar-refractivity contribution in [1.82, 2.24) is 0 Å². The third-order valence-electron chi connectivity index (χ3n) is 5.29. The predicted molar refractivity (Wildman–Crippen MR) is 93.8 cm³/mol. The number of carbonyl (C=O) groups is 2. The van der Waals surface area contributed by atoms with Gasteiger partial charge in [-0.2, -0.15) is 0 Å². The lowest BCUT2D eigenvalue weighted by Crippen LogP contribution is -2.14. The lowest BCUT2D eigenvalue weighted by Gasteiger charge is -2.16. The first kappa shape index (κ1) is 18.4. The minimum atomic E-state index is -1.14. The maximum Gasteiger partial charge on any atom is 0.339 e. The van der Waals surface area contributed by atoms with Crippen LogP contribution >= 0.6 is 0 Å². The molecule has 4 fully saturated rings. The number of carboxylic acid groups (broad SMARTS) is 1. The van der Waals surface area contributed by atoms with E-state index in [9.17, 15) is 9.59 Å². The fourth-order valence-corrected chi connectivity index (χ4v) is 3.54. The Hall–Kier alpha value is -1.96. The van der Waals surface area contributed by atoms with Gasteiger partial charge in [-0.15, -0.1) is 0 Å². The SMILES string of the molecule is C1CC2OC2CC1CC1CO1.O=C(O)c1ccccc1C(=O)OCC1CO1. The summed E-state index contributed by atoms with van der Waals surface area (Å²) in [6.07, 6.45) is 7.19. The molecule has 7 heteroatoms. The Kier molecular flexibility index (Phi) is 5.43. The van der Waals surface area contributed by atoms with E-state index in [1.807, 2.05) is 0 Å². The van der Waals surface area contributed by atoms with Crippen LogP contribution in [0.4, 0.5) is 0 Å². The standard InChI is InChI=1S/C11H10O5.C9H14O2/c12-10(13)8-3-1-2-4-9(8)11(14)16-6-7-5-15-7;1-2-8-9(11-8)4-6(1)3-7-5-10-7/h1-4,7H,5-6H2,(H,12,13);6-9H,1-5H2. The molecule has 3 heterocycles. The number of hydrogen-bond donors (Lipinski definition) is 1. The zero-order valence-electron chi connectivity index (χ0n) is 15.0. The van der Waals surface area contributed by atoms with Gasteiger partial charge in [-0.1, -0.05) is 12.1 Å². The number of carboxylic acids is 1. The number of rotatable bonds is 6. The molecule has 1 N–H and O–H groups in total. The molecule has 3 aliphatic heterocycles. The van der Waals surface area contributed by atoms with E-state index in [0.29, 0.717) is 24.9 Å². The van der Waals surface area contributed by atoms with Crippen LogP contribution in [0.15, 0.2) is 24.3 Å². The predicted octanol–water partition coefficient (Wildman–Crippen LogP) is 2.28. The Balaban J connectivity index is 0.000000141. The molecule has 3 saturated heterocycles. The summed E-state index contributed by atoms with van der Waals surface area (Å²) in [4.78, 5) is 22.4. The van der Waals surface area contributed by atoms with Gasteiger partial charge in [0.15, 0.2) is 0 Å². The number of epoxide rings is 3. The zero-order valence-corrected chi connectivity index (χ0v) is 15.0. The van der Waals surface area contributed by atoms with Crippen molar-refractivity contribution in [3.05, 3.63) is 35.4 Å².